The molecule has 1 aromatic heterocycles. The molecule has 0 atom stereocenters. The summed E-state index contributed by atoms with van der Waals surface area (Å²) in [4.78, 5) is 15.9. The highest BCUT2D eigenvalue weighted by Gasteiger charge is 2.08. The molecule has 0 saturated heterocycles. The van der Waals surface area contributed by atoms with Crippen LogP contribution >= 0.6 is 0 Å². The number of aryl methyl sites for hydroxylation is 1. The first-order valence-corrected chi connectivity index (χ1v) is 6.58. The van der Waals surface area contributed by atoms with Crippen LogP contribution in [-0.4, -0.2) is 18.0 Å². The number of nitrogens with one attached hydrogen (secondary N) is 1. The number of methoxy groups -OCH3 is 1. The van der Waals surface area contributed by atoms with Crippen molar-refractivity contribution in [3.8, 4) is 5.75 Å². The summed E-state index contributed by atoms with van der Waals surface area (Å²) in [5.74, 6) is 0.649. The van der Waals surface area contributed by atoms with E-state index in [-0.39, 0.29) is 5.91 Å². The Balaban J connectivity index is 2.08. The summed E-state index contributed by atoms with van der Waals surface area (Å²) >= 11 is 0. The van der Waals surface area contributed by atoms with Gasteiger partial charge in [0.2, 0.25) is 0 Å². The molecule has 2 aromatic rings. The quantitative estimate of drug-likeness (QED) is 0.908. The fraction of sp³-hybridized carbons (Fsp3) is 0.250. The molecule has 1 N–H and O–H groups in total. The van der Waals surface area contributed by atoms with E-state index in [9.17, 15) is 4.79 Å². The van der Waals surface area contributed by atoms with Gasteiger partial charge < -0.3 is 10.1 Å². The van der Waals surface area contributed by atoms with Gasteiger partial charge in [-0.05, 0) is 30.2 Å². The Morgan fingerprint density at radius 2 is 2.20 bits per heavy atom. The van der Waals surface area contributed by atoms with Gasteiger partial charge in [0.1, 0.15) is 5.75 Å². The monoisotopic (exact) mass is 270 g/mol. The highest BCUT2D eigenvalue weighted by Crippen LogP contribution is 2.20. The van der Waals surface area contributed by atoms with Crippen molar-refractivity contribution >= 4 is 5.91 Å². The van der Waals surface area contributed by atoms with E-state index in [1.807, 2.05) is 12.1 Å². The molecule has 4 nitrogen and oxygen atoms in total. The van der Waals surface area contributed by atoms with E-state index in [1.54, 1.807) is 31.6 Å². The van der Waals surface area contributed by atoms with Gasteiger partial charge in [0.25, 0.3) is 5.91 Å². The van der Waals surface area contributed by atoms with E-state index < -0.39 is 0 Å². The maximum Gasteiger partial charge on any atom is 0.253 e. The van der Waals surface area contributed by atoms with Crippen molar-refractivity contribution in [2.75, 3.05) is 7.11 Å². The zero-order chi connectivity index (χ0) is 14.4. The van der Waals surface area contributed by atoms with Crippen LogP contribution in [0.1, 0.15) is 28.4 Å². The van der Waals surface area contributed by atoms with Crippen molar-refractivity contribution in [2.24, 2.45) is 0 Å². The van der Waals surface area contributed by atoms with Crippen LogP contribution < -0.4 is 10.1 Å². The van der Waals surface area contributed by atoms with Crippen LogP contribution in [0.3, 0.4) is 0 Å². The van der Waals surface area contributed by atoms with E-state index in [4.69, 9.17) is 4.74 Å². The van der Waals surface area contributed by atoms with Gasteiger partial charge in [-0.3, -0.25) is 9.78 Å². The molecule has 4 heteroatoms. The van der Waals surface area contributed by atoms with Crippen molar-refractivity contribution in [3.63, 3.8) is 0 Å². The number of carbonyl (C=O) groups excluding carboxylic acids is 1. The zero-order valence-electron chi connectivity index (χ0n) is 11.7. The SMILES string of the molecule is CCc1ccc(OC)c(CNC(=O)c2cccnc2)c1. The smallest absolute Gasteiger partial charge is 0.253 e. The van der Waals surface area contributed by atoms with E-state index in [0.29, 0.717) is 12.1 Å². The fourth-order valence-electron chi connectivity index (χ4n) is 1.96. The summed E-state index contributed by atoms with van der Waals surface area (Å²) in [5, 5.41) is 2.88. The molecule has 104 valence electrons. The largest absolute Gasteiger partial charge is 0.496 e. The van der Waals surface area contributed by atoms with Crippen molar-refractivity contribution in [1.29, 1.82) is 0 Å². The Kier molecular flexibility index (Phi) is 4.71. The molecular formula is C16H18N2O2. The Morgan fingerprint density at radius 3 is 2.85 bits per heavy atom. The maximum atomic E-state index is 12.0. The van der Waals surface area contributed by atoms with Crippen LogP contribution in [0.15, 0.2) is 42.7 Å². The van der Waals surface area contributed by atoms with Crippen LogP contribution in [0.25, 0.3) is 0 Å². The van der Waals surface area contributed by atoms with E-state index >= 15 is 0 Å². The molecule has 0 fully saturated rings. The van der Waals surface area contributed by atoms with Gasteiger partial charge in [-0.1, -0.05) is 19.1 Å². The van der Waals surface area contributed by atoms with Crippen LogP contribution in [0.4, 0.5) is 0 Å². The minimum atomic E-state index is -0.137. The average molecular weight is 270 g/mol. The van der Waals surface area contributed by atoms with E-state index in [1.165, 1.54) is 5.56 Å². The second-order valence-electron chi connectivity index (χ2n) is 4.42. The Morgan fingerprint density at radius 1 is 1.35 bits per heavy atom. The molecule has 20 heavy (non-hydrogen) atoms. The predicted molar refractivity (Wildman–Crippen MR) is 77.8 cm³/mol. The number of pyridine rings is 1. The van der Waals surface area contributed by atoms with Gasteiger partial charge in [-0.15, -0.1) is 0 Å². The highest BCUT2D eigenvalue weighted by molar-refractivity contribution is 5.93. The summed E-state index contributed by atoms with van der Waals surface area (Å²) in [6.07, 6.45) is 4.15. The third-order valence-corrected chi connectivity index (χ3v) is 3.12. The van der Waals surface area contributed by atoms with E-state index in [0.717, 1.165) is 17.7 Å². The summed E-state index contributed by atoms with van der Waals surface area (Å²) in [5.41, 5.74) is 2.75. The molecule has 1 heterocycles. The van der Waals surface area contributed by atoms with Gasteiger partial charge >= 0.3 is 0 Å². The molecule has 0 spiro atoms. The molecule has 0 saturated carbocycles. The minimum Gasteiger partial charge on any atom is -0.496 e. The molecule has 0 aliphatic heterocycles. The average Bonchev–Trinajstić information content (AvgIpc) is 2.53. The van der Waals surface area contributed by atoms with Gasteiger partial charge in [0.05, 0.1) is 12.7 Å². The second-order valence-corrected chi connectivity index (χ2v) is 4.42. The minimum absolute atomic E-state index is 0.137. The number of rotatable bonds is 5. The Bertz CT molecular complexity index is 582. The molecule has 0 aliphatic carbocycles. The number of aromatic nitrogens is 1. The molecule has 0 aliphatic rings. The van der Waals surface area contributed by atoms with Gasteiger partial charge in [0.15, 0.2) is 0 Å². The number of hydrogen-bond acceptors (Lipinski definition) is 3. The third kappa shape index (κ3) is 3.35. The number of carbonyl (C=O) groups is 1. The number of ether oxygens (including phenoxy) is 1. The fourth-order valence-corrected chi connectivity index (χ4v) is 1.96. The number of benzene rings is 1. The summed E-state index contributed by atoms with van der Waals surface area (Å²) in [6.45, 7) is 2.53. The third-order valence-electron chi connectivity index (χ3n) is 3.12. The van der Waals surface area contributed by atoms with Crippen molar-refractivity contribution < 1.29 is 9.53 Å². The van der Waals surface area contributed by atoms with Crippen molar-refractivity contribution in [3.05, 3.63) is 59.4 Å². The normalized spacial score (nSPS) is 10.1. The first kappa shape index (κ1) is 14.1. The standard InChI is InChI=1S/C16H18N2O2/c1-3-12-6-7-15(20-2)14(9-12)11-18-16(19)13-5-4-8-17-10-13/h4-10H,3,11H2,1-2H3,(H,18,19). The molecular weight excluding hydrogens is 252 g/mol. The van der Waals surface area contributed by atoms with Crippen LogP contribution in [0.5, 0.6) is 5.75 Å². The highest BCUT2D eigenvalue weighted by atomic mass is 16.5. The number of nitrogens with zero attached hydrogens (tertiary/aromatic N) is 1. The van der Waals surface area contributed by atoms with Gasteiger partial charge in [-0.2, -0.15) is 0 Å². The lowest BCUT2D eigenvalue weighted by molar-refractivity contribution is 0.0950. The lowest BCUT2D eigenvalue weighted by atomic mass is 10.1. The number of amides is 1. The maximum absolute atomic E-state index is 12.0. The summed E-state index contributed by atoms with van der Waals surface area (Å²) in [6, 6.07) is 9.51. The lowest BCUT2D eigenvalue weighted by Gasteiger charge is -2.11. The zero-order valence-corrected chi connectivity index (χ0v) is 11.7. The van der Waals surface area contributed by atoms with E-state index in [2.05, 4.69) is 23.3 Å². The van der Waals surface area contributed by atoms with Crippen LogP contribution in [-0.2, 0) is 13.0 Å². The van der Waals surface area contributed by atoms with Crippen LogP contribution in [0, 0.1) is 0 Å². The topological polar surface area (TPSA) is 51.2 Å². The molecule has 1 amide bonds. The van der Waals surface area contributed by atoms with Gasteiger partial charge in [0, 0.05) is 24.5 Å². The molecule has 2 rings (SSSR count). The van der Waals surface area contributed by atoms with Crippen molar-refractivity contribution in [2.45, 2.75) is 19.9 Å². The summed E-state index contributed by atoms with van der Waals surface area (Å²) in [7, 11) is 1.63. The van der Waals surface area contributed by atoms with Crippen LogP contribution in [0.2, 0.25) is 0 Å². The molecule has 0 bridgehead atoms. The number of hydrogen-bond donors (Lipinski definition) is 1. The van der Waals surface area contributed by atoms with Crippen molar-refractivity contribution in [1.82, 2.24) is 10.3 Å². The molecule has 1 aromatic carbocycles. The lowest BCUT2D eigenvalue weighted by Crippen LogP contribution is -2.23. The molecule has 0 radical (unpaired) electrons. The predicted octanol–water partition coefficient (Wildman–Crippen LogP) is 2.58. The first-order chi connectivity index (χ1) is 9.74. The Labute approximate surface area is 118 Å². The molecule has 0 unspecified atom stereocenters. The second kappa shape index (κ2) is 6.70. The van der Waals surface area contributed by atoms with Gasteiger partial charge in [-0.25, -0.2) is 0 Å². The summed E-state index contributed by atoms with van der Waals surface area (Å²) < 4.78 is 5.32. The Hall–Kier alpha value is -2.36. The first-order valence-electron chi connectivity index (χ1n) is 6.58.